The molecule has 1 aliphatic carbocycles. The summed E-state index contributed by atoms with van der Waals surface area (Å²) in [6, 6.07) is 12.1. The van der Waals surface area contributed by atoms with Gasteiger partial charge in [0.05, 0.1) is 10.0 Å². The average molecular weight is 404 g/mol. The number of hydrogen-bond acceptors (Lipinski definition) is 3. The molecule has 0 atom stereocenters. The molecule has 0 N–H and O–H groups in total. The highest BCUT2D eigenvalue weighted by atomic mass is 35.5. The SMILES string of the molecule is O=CCCCN1Cc2ccc(OCc3ccc(Cl)c(Cl)c3)cc2C2(CC2)C1. The summed E-state index contributed by atoms with van der Waals surface area (Å²) in [7, 11) is 0. The Labute approximate surface area is 170 Å². The van der Waals surface area contributed by atoms with Crippen molar-refractivity contribution >= 4 is 29.5 Å². The van der Waals surface area contributed by atoms with Crippen molar-refractivity contribution in [2.45, 2.75) is 44.2 Å². The van der Waals surface area contributed by atoms with Crippen molar-refractivity contribution in [2.24, 2.45) is 0 Å². The van der Waals surface area contributed by atoms with Gasteiger partial charge in [-0.15, -0.1) is 0 Å². The Morgan fingerprint density at radius 2 is 1.96 bits per heavy atom. The van der Waals surface area contributed by atoms with Crippen LogP contribution in [0.4, 0.5) is 0 Å². The van der Waals surface area contributed by atoms with Gasteiger partial charge in [0, 0.05) is 24.9 Å². The second kappa shape index (κ2) is 7.83. The van der Waals surface area contributed by atoms with E-state index < -0.39 is 0 Å². The summed E-state index contributed by atoms with van der Waals surface area (Å²) in [5.41, 5.74) is 4.13. The van der Waals surface area contributed by atoms with Crippen LogP contribution >= 0.6 is 23.2 Å². The Morgan fingerprint density at radius 3 is 2.70 bits per heavy atom. The third-order valence-corrected chi connectivity index (χ3v) is 6.35. The van der Waals surface area contributed by atoms with Gasteiger partial charge < -0.3 is 9.53 Å². The Bertz CT molecular complexity index is 848. The lowest BCUT2D eigenvalue weighted by Gasteiger charge is -2.35. The standard InChI is InChI=1S/C22H23Cl2NO2/c23-20-6-3-16(11-21(20)24)14-27-18-5-4-17-13-25(9-1-2-10-26)15-22(7-8-22)19(17)12-18/h3-6,10-12H,1-2,7-9,13-15H2. The van der Waals surface area contributed by atoms with Crippen LogP contribution in [0.25, 0.3) is 0 Å². The Kier molecular flexibility index (Phi) is 5.45. The lowest BCUT2D eigenvalue weighted by Crippen LogP contribution is -2.38. The van der Waals surface area contributed by atoms with Crippen LogP contribution in [0.1, 0.15) is 42.4 Å². The van der Waals surface area contributed by atoms with Crippen LogP contribution in [0, 0.1) is 0 Å². The number of carbonyl (C=O) groups is 1. The number of halogens is 2. The summed E-state index contributed by atoms with van der Waals surface area (Å²) in [6.45, 7) is 3.52. The maximum atomic E-state index is 10.6. The first kappa shape index (κ1) is 18.8. The summed E-state index contributed by atoms with van der Waals surface area (Å²) >= 11 is 12.1. The molecule has 1 saturated carbocycles. The molecule has 0 amide bonds. The van der Waals surface area contributed by atoms with E-state index >= 15 is 0 Å². The van der Waals surface area contributed by atoms with Crippen LogP contribution in [-0.4, -0.2) is 24.3 Å². The Balaban J connectivity index is 1.45. The molecular weight excluding hydrogens is 381 g/mol. The molecule has 0 bridgehead atoms. The van der Waals surface area contributed by atoms with Crippen molar-refractivity contribution in [1.29, 1.82) is 0 Å². The maximum Gasteiger partial charge on any atom is 0.120 e. The van der Waals surface area contributed by atoms with Crippen LogP contribution in [0.15, 0.2) is 36.4 Å². The third kappa shape index (κ3) is 4.16. The molecule has 2 aromatic carbocycles. The van der Waals surface area contributed by atoms with Crippen molar-refractivity contribution < 1.29 is 9.53 Å². The van der Waals surface area contributed by atoms with Crippen LogP contribution in [-0.2, 0) is 23.4 Å². The van der Waals surface area contributed by atoms with E-state index in [1.807, 2.05) is 12.1 Å². The number of benzene rings is 2. The lowest BCUT2D eigenvalue weighted by atomic mass is 9.86. The van der Waals surface area contributed by atoms with Crippen LogP contribution in [0.5, 0.6) is 5.75 Å². The van der Waals surface area contributed by atoms with Gasteiger partial charge in [-0.25, -0.2) is 0 Å². The second-order valence-corrected chi connectivity index (χ2v) is 8.47. The number of aldehydes is 1. The first-order valence-electron chi connectivity index (χ1n) is 9.46. The van der Waals surface area contributed by atoms with Gasteiger partial charge in [-0.1, -0.05) is 35.3 Å². The van der Waals surface area contributed by atoms with Gasteiger partial charge in [-0.2, -0.15) is 0 Å². The molecule has 1 fully saturated rings. The van der Waals surface area contributed by atoms with Crippen molar-refractivity contribution in [3.8, 4) is 5.75 Å². The molecule has 142 valence electrons. The molecule has 1 heterocycles. The zero-order valence-electron chi connectivity index (χ0n) is 15.2. The van der Waals surface area contributed by atoms with Crippen LogP contribution in [0.2, 0.25) is 10.0 Å². The summed E-state index contributed by atoms with van der Waals surface area (Å²) < 4.78 is 6.03. The highest BCUT2D eigenvalue weighted by Crippen LogP contribution is 2.53. The van der Waals surface area contributed by atoms with E-state index in [9.17, 15) is 4.79 Å². The van der Waals surface area contributed by atoms with E-state index in [0.29, 0.717) is 23.1 Å². The topological polar surface area (TPSA) is 29.5 Å². The summed E-state index contributed by atoms with van der Waals surface area (Å²) in [6.07, 6.45) is 5.08. The fourth-order valence-electron chi connectivity index (χ4n) is 4.02. The zero-order valence-corrected chi connectivity index (χ0v) is 16.7. The number of nitrogens with zero attached hydrogens (tertiary/aromatic N) is 1. The monoisotopic (exact) mass is 403 g/mol. The van der Waals surface area contributed by atoms with E-state index in [4.69, 9.17) is 27.9 Å². The predicted octanol–water partition coefficient (Wildman–Crippen LogP) is 5.40. The van der Waals surface area contributed by atoms with Gasteiger partial charge in [0.2, 0.25) is 0 Å². The highest BCUT2D eigenvalue weighted by Gasteiger charge is 2.48. The molecule has 5 heteroatoms. The molecule has 0 unspecified atom stereocenters. The van der Waals surface area contributed by atoms with Crippen LogP contribution in [0.3, 0.4) is 0 Å². The number of fused-ring (bicyclic) bond motifs is 2. The fraction of sp³-hybridized carbons (Fsp3) is 0.409. The van der Waals surface area contributed by atoms with Gasteiger partial charge in [0.1, 0.15) is 18.6 Å². The average Bonchev–Trinajstić information content (AvgIpc) is 3.43. The minimum atomic E-state index is 0.289. The largest absolute Gasteiger partial charge is 0.489 e. The lowest BCUT2D eigenvalue weighted by molar-refractivity contribution is -0.108. The molecule has 2 aliphatic rings. The smallest absolute Gasteiger partial charge is 0.120 e. The van der Waals surface area contributed by atoms with Crippen molar-refractivity contribution in [1.82, 2.24) is 4.90 Å². The Morgan fingerprint density at radius 1 is 1.11 bits per heavy atom. The molecule has 4 rings (SSSR count). The zero-order chi connectivity index (χ0) is 18.9. The minimum Gasteiger partial charge on any atom is -0.489 e. The molecule has 27 heavy (non-hydrogen) atoms. The fourth-order valence-corrected chi connectivity index (χ4v) is 4.34. The molecule has 1 spiro atoms. The predicted molar refractivity (Wildman–Crippen MR) is 109 cm³/mol. The van der Waals surface area contributed by atoms with E-state index in [-0.39, 0.29) is 5.41 Å². The third-order valence-electron chi connectivity index (χ3n) is 5.61. The summed E-state index contributed by atoms with van der Waals surface area (Å²) in [5.74, 6) is 0.903. The van der Waals surface area contributed by atoms with Crippen molar-refractivity contribution in [3.63, 3.8) is 0 Å². The molecule has 1 aliphatic heterocycles. The van der Waals surface area contributed by atoms with Gasteiger partial charge >= 0.3 is 0 Å². The molecule has 0 saturated heterocycles. The number of hydrogen-bond donors (Lipinski definition) is 0. The Hall–Kier alpha value is -1.55. The maximum absolute atomic E-state index is 10.6. The molecule has 0 aromatic heterocycles. The van der Waals surface area contributed by atoms with Gasteiger partial charge in [-0.05, 0) is 66.8 Å². The van der Waals surface area contributed by atoms with E-state index in [1.165, 1.54) is 24.0 Å². The number of rotatable bonds is 7. The summed E-state index contributed by atoms with van der Waals surface area (Å²) in [5, 5.41) is 1.11. The van der Waals surface area contributed by atoms with E-state index in [0.717, 1.165) is 43.7 Å². The van der Waals surface area contributed by atoms with Crippen molar-refractivity contribution in [3.05, 3.63) is 63.1 Å². The molecule has 0 radical (unpaired) electrons. The minimum absolute atomic E-state index is 0.289. The quantitative estimate of drug-likeness (QED) is 0.457. The van der Waals surface area contributed by atoms with Gasteiger partial charge in [0.25, 0.3) is 0 Å². The highest BCUT2D eigenvalue weighted by molar-refractivity contribution is 6.42. The van der Waals surface area contributed by atoms with Crippen molar-refractivity contribution in [2.75, 3.05) is 13.1 Å². The number of ether oxygens (including phenoxy) is 1. The van der Waals surface area contributed by atoms with Gasteiger partial charge in [-0.3, -0.25) is 4.90 Å². The molecule has 2 aromatic rings. The van der Waals surface area contributed by atoms with E-state index in [1.54, 1.807) is 6.07 Å². The molecule has 3 nitrogen and oxygen atoms in total. The first-order chi connectivity index (χ1) is 13.1. The number of unbranched alkanes of at least 4 members (excludes halogenated alkanes) is 1. The second-order valence-electron chi connectivity index (χ2n) is 7.66. The van der Waals surface area contributed by atoms with Crippen LogP contribution < -0.4 is 4.74 Å². The normalized spacial score (nSPS) is 17.6. The summed E-state index contributed by atoms with van der Waals surface area (Å²) in [4.78, 5) is 13.1. The molecular formula is C22H23Cl2NO2. The first-order valence-corrected chi connectivity index (χ1v) is 10.2. The van der Waals surface area contributed by atoms with E-state index in [2.05, 4.69) is 23.1 Å². The number of carbonyl (C=O) groups excluding carboxylic acids is 1. The van der Waals surface area contributed by atoms with Gasteiger partial charge in [0.15, 0.2) is 0 Å².